The maximum atomic E-state index is 11.7. The zero-order valence-corrected chi connectivity index (χ0v) is 10.1. The summed E-state index contributed by atoms with van der Waals surface area (Å²) in [6.07, 6.45) is 1.91. The summed E-state index contributed by atoms with van der Waals surface area (Å²) in [5.74, 6) is 0.0656. The molecule has 1 N–H and O–H groups in total. The first-order valence-corrected chi connectivity index (χ1v) is 5.92. The molecule has 2 saturated heterocycles. The Balaban J connectivity index is 1.78. The third-order valence-electron chi connectivity index (χ3n) is 3.31. The highest BCUT2D eigenvalue weighted by molar-refractivity contribution is 5.93. The van der Waals surface area contributed by atoms with Crippen LogP contribution in [0.4, 0.5) is 0 Å². The van der Waals surface area contributed by atoms with Gasteiger partial charge in [0.25, 0.3) is 0 Å². The van der Waals surface area contributed by atoms with Gasteiger partial charge in [0.15, 0.2) is 0 Å². The van der Waals surface area contributed by atoms with Crippen molar-refractivity contribution >= 4 is 5.91 Å². The number of hydrogen-bond donors (Lipinski definition) is 1. The van der Waals surface area contributed by atoms with Gasteiger partial charge >= 0.3 is 0 Å². The van der Waals surface area contributed by atoms with Crippen molar-refractivity contribution in [3.63, 3.8) is 0 Å². The molecule has 0 aromatic carbocycles. The number of nitrogens with one attached hydrogen (secondary N) is 1. The van der Waals surface area contributed by atoms with E-state index in [4.69, 9.17) is 4.74 Å². The van der Waals surface area contributed by atoms with Gasteiger partial charge in [-0.25, -0.2) is 0 Å². The summed E-state index contributed by atoms with van der Waals surface area (Å²) in [6.45, 7) is 9.26. The first-order chi connectivity index (χ1) is 7.69. The average molecular weight is 224 g/mol. The largest absolute Gasteiger partial charge is 0.380 e. The number of carbonyl (C=O) groups is 1. The summed E-state index contributed by atoms with van der Waals surface area (Å²) >= 11 is 0. The highest BCUT2D eigenvalue weighted by Crippen LogP contribution is 2.37. The van der Waals surface area contributed by atoms with Crippen LogP contribution in [0.5, 0.6) is 0 Å². The minimum Gasteiger partial charge on any atom is -0.380 e. The van der Waals surface area contributed by atoms with Crippen molar-refractivity contribution in [2.45, 2.75) is 13.8 Å². The number of likely N-dealkylation sites (N-methyl/N-ethyl adjacent to an activating group) is 1. The quantitative estimate of drug-likeness (QED) is 0.703. The van der Waals surface area contributed by atoms with Crippen LogP contribution in [0.3, 0.4) is 0 Å². The molecule has 2 fully saturated rings. The Bertz CT molecular complexity index is 300. The van der Waals surface area contributed by atoms with Gasteiger partial charge in [-0.1, -0.05) is 6.08 Å². The predicted octanol–water partition coefficient (Wildman–Crippen LogP) is 0.401. The molecule has 0 unspecified atom stereocenters. The molecular weight excluding hydrogens is 204 g/mol. The van der Waals surface area contributed by atoms with Crippen molar-refractivity contribution in [1.82, 2.24) is 10.2 Å². The number of amides is 1. The summed E-state index contributed by atoms with van der Waals surface area (Å²) in [6, 6.07) is 0. The van der Waals surface area contributed by atoms with Crippen molar-refractivity contribution < 1.29 is 9.53 Å². The number of allylic oxidation sites excluding steroid dienone is 1. The molecule has 1 spiro atoms. The molecule has 0 radical (unpaired) electrons. The first-order valence-electron chi connectivity index (χ1n) is 5.92. The van der Waals surface area contributed by atoms with Gasteiger partial charge in [0.1, 0.15) is 0 Å². The fourth-order valence-electron chi connectivity index (χ4n) is 2.40. The van der Waals surface area contributed by atoms with Crippen LogP contribution in [0.2, 0.25) is 0 Å². The molecule has 2 rings (SSSR count). The third kappa shape index (κ3) is 2.13. The van der Waals surface area contributed by atoms with E-state index in [2.05, 4.69) is 10.2 Å². The fraction of sp³-hybridized carbons (Fsp3) is 0.750. The number of nitrogens with zero attached hydrogens (tertiary/aromatic N) is 1. The molecule has 2 aliphatic heterocycles. The molecule has 90 valence electrons. The van der Waals surface area contributed by atoms with E-state index in [0.29, 0.717) is 12.0 Å². The SMILES string of the molecule is C/C=C(\CN1CC2(COC2)C1)C(=O)NCC. The lowest BCUT2D eigenvalue weighted by Crippen LogP contribution is -2.66. The number of carbonyl (C=O) groups excluding carboxylic acids is 1. The lowest BCUT2D eigenvalue weighted by Gasteiger charge is -2.55. The van der Waals surface area contributed by atoms with Crippen LogP contribution in [0.15, 0.2) is 11.6 Å². The van der Waals surface area contributed by atoms with Gasteiger partial charge in [-0.15, -0.1) is 0 Å². The lowest BCUT2D eigenvalue weighted by atomic mass is 9.78. The summed E-state index contributed by atoms with van der Waals surface area (Å²) in [5, 5.41) is 2.84. The van der Waals surface area contributed by atoms with Gasteiger partial charge in [0.2, 0.25) is 5.91 Å². The Kier molecular flexibility index (Phi) is 3.30. The number of hydrogen-bond acceptors (Lipinski definition) is 3. The molecule has 4 nitrogen and oxygen atoms in total. The third-order valence-corrected chi connectivity index (χ3v) is 3.31. The average Bonchev–Trinajstić information content (AvgIpc) is 2.13. The molecule has 0 aromatic heterocycles. The molecule has 16 heavy (non-hydrogen) atoms. The summed E-state index contributed by atoms with van der Waals surface area (Å²) in [7, 11) is 0. The van der Waals surface area contributed by atoms with Crippen LogP contribution in [-0.4, -0.2) is 50.2 Å². The van der Waals surface area contributed by atoms with Crippen molar-refractivity contribution in [3.05, 3.63) is 11.6 Å². The van der Waals surface area contributed by atoms with Gasteiger partial charge in [0, 0.05) is 37.2 Å². The van der Waals surface area contributed by atoms with Gasteiger partial charge < -0.3 is 10.1 Å². The van der Waals surface area contributed by atoms with Gasteiger partial charge in [-0.3, -0.25) is 9.69 Å². The van der Waals surface area contributed by atoms with Crippen molar-refractivity contribution in [1.29, 1.82) is 0 Å². The molecule has 0 aliphatic carbocycles. The summed E-state index contributed by atoms with van der Waals surface area (Å²) < 4.78 is 5.23. The molecule has 2 heterocycles. The molecule has 1 amide bonds. The second-order valence-corrected chi connectivity index (χ2v) is 4.81. The Morgan fingerprint density at radius 1 is 1.50 bits per heavy atom. The smallest absolute Gasteiger partial charge is 0.248 e. The topological polar surface area (TPSA) is 41.6 Å². The standard InChI is InChI=1S/C12H20N2O2/c1-3-10(11(15)13-4-2)5-14-6-12(7-14)8-16-9-12/h3H,4-9H2,1-2H3,(H,13,15)/b10-3+. The van der Waals surface area contributed by atoms with E-state index < -0.39 is 0 Å². The van der Waals surface area contributed by atoms with E-state index in [0.717, 1.165) is 38.4 Å². The molecular formula is C12H20N2O2. The molecule has 0 saturated carbocycles. The molecule has 0 atom stereocenters. The van der Waals surface area contributed by atoms with Crippen LogP contribution >= 0.6 is 0 Å². The highest BCUT2D eigenvalue weighted by atomic mass is 16.5. The predicted molar refractivity (Wildman–Crippen MR) is 62.1 cm³/mol. The highest BCUT2D eigenvalue weighted by Gasteiger charge is 2.48. The van der Waals surface area contributed by atoms with Crippen LogP contribution in [-0.2, 0) is 9.53 Å². The number of likely N-dealkylation sites (tertiary alicyclic amines) is 1. The van der Waals surface area contributed by atoms with Gasteiger partial charge in [-0.05, 0) is 13.8 Å². The second-order valence-electron chi connectivity index (χ2n) is 4.81. The zero-order chi connectivity index (χ0) is 11.6. The fourth-order valence-corrected chi connectivity index (χ4v) is 2.40. The maximum absolute atomic E-state index is 11.7. The van der Waals surface area contributed by atoms with Crippen LogP contribution in [0.25, 0.3) is 0 Å². The van der Waals surface area contributed by atoms with Crippen LogP contribution < -0.4 is 5.32 Å². The van der Waals surface area contributed by atoms with E-state index in [1.54, 1.807) is 0 Å². The van der Waals surface area contributed by atoms with E-state index in [1.165, 1.54) is 0 Å². The van der Waals surface area contributed by atoms with E-state index in [9.17, 15) is 4.79 Å². The summed E-state index contributed by atoms with van der Waals surface area (Å²) in [4.78, 5) is 14.0. The van der Waals surface area contributed by atoms with E-state index in [1.807, 2.05) is 19.9 Å². The van der Waals surface area contributed by atoms with Crippen molar-refractivity contribution in [3.8, 4) is 0 Å². The Morgan fingerprint density at radius 2 is 2.19 bits per heavy atom. The van der Waals surface area contributed by atoms with E-state index >= 15 is 0 Å². The van der Waals surface area contributed by atoms with Crippen LogP contribution in [0.1, 0.15) is 13.8 Å². The minimum absolute atomic E-state index is 0.0656. The monoisotopic (exact) mass is 224 g/mol. The zero-order valence-electron chi connectivity index (χ0n) is 10.1. The number of ether oxygens (including phenoxy) is 1. The Hall–Kier alpha value is -0.870. The van der Waals surface area contributed by atoms with Gasteiger partial charge in [0.05, 0.1) is 13.2 Å². The molecule has 0 bridgehead atoms. The molecule has 2 aliphatic rings. The lowest BCUT2D eigenvalue weighted by molar-refractivity contribution is -0.186. The van der Waals surface area contributed by atoms with Crippen molar-refractivity contribution in [2.75, 3.05) is 39.4 Å². The first kappa shape index (κ1) is 11.6. The number of rotatable bonds is 4. The summed E-state index contributed by atoms with van der Waals surface area (Å²) in [5.41, 5.74) is 1.30. The maximum Gasteiger partial charge on any atom is 0.248 e. The second kappa shape index (κ2) is 4.55. The van der Waals surface area contributed by atoms with E-state index in [-0.39, 0.29) is 5.91 Å². The Morgan fingerprint density at radius 3 is 2.62 bits per heavy atom. The molecule has 4 heteroatoms. The van der Waals surface area contributed by atoms with Crippen LogP contribution in [0, 0.1) is 5.41 Å². The van der Waals surface area contributed by atoms with Crippen molar-refractivity contribution in [2.24, 2.45) is 5.41 Å². The minimum atomic E-state index is 0.0656. The molecule has 0 aromatic rings. The Labute approximate surface area is 96.6 Å². The van der Waals surface area contributed by atoms with Gasteiger partial charge in [-0.2, -0.15) is 0 Å². The normalized spacial score (nSPS) is 23.8.